The van der Waals surface area contributed by atoms with E-state index >= 15 is 0 Å². The lowest BCUT2D eigenvalue weighted by Crippen LogP contribution is -2.00. The number of rotatable bonds is 3. The van der Waals surface area contributed by atoms with Gasteiger partial charge in [0.2, 0.25) is 0 Å². The summed E-state index contributed by atoms with van der Waals surface area (Å²) in [5.41, 5.74) is 3.80. The average Bonchev–Trinajstić information content (AvgIpc) is 3.00. The number of benzene rings is 1. The monoisotopic (exact) mass is 262 g/mol. The molecule has 0 spiro atoms. The minimum absolute atomic E-state index is 0.364. The van der Waals surface area contributed by atoms with Crippen LogP contribution in [0.15, 0.2) is 24.5 Å². The zero-order valence-corrected chi connectivity index (χ0v) is 11.0. The molecule has 3 rings (SSSR count). The highest BCUT2D eigenvalue weighted by Crippen LogP contribution is 2.40. The first-order valence-corrected chi connectivity index (χ1v) is 6.47. The SMILES string of the molecule is COCc1c(Cl)ccc2c1CCC2c1ncc[nH]1. The fraction of sp³-hybridized carbons (Fsp3) is 0.357. The molecule has 94 valence electrons. The third-order valence-electron chi connectivity index (χ3n) is 3.61. The van der Waals surface area contributed by atoms with Gasteiger partial charge < -0.3 is 9.72 Å². The van der Waals surface area contributed by atoms with Crippen LogP contribution in [-0.2, 0) is 17.8 Å². The van der Waals surface area contributed by atoms with Crippen molar-refractivity contribution in [2.75, 3.05) is 7.11 Å². The van der Waals surface area contributed by atoms with E-state index in [0.29, 0.717) is 12.5 Å². The standard InChI is InChI=1S/C14H15ClN2O/c1-18-8-12-10-2-3-11(14-16-6-7-17-14)9(10)4-5-13(12)15/h4-7,11H,2-3,8H2,1H3,(H,16,17). The largest absolute Gasteiger partial charge is 0.380 e. The summed E-state index contributed by atoms with van der Waals surface area (Å²) in [7, 11) is 1.70. The molecule has 18 heavy (non-hydrogen) atoms. The van der Waals surface area contributed by atoms with Crippen molar-refractivity contribution in [3.05, 3.63) is 52.1 Å². The van der Waals surface area contributed by atoms with Crippen molar-refractivity contribution in [1.29, 1.82) is 0 Å². The Kier molecular flexibility index (Phi) is 3.10. The highest BCUT2D eigenvalue weighted by atomic mass is 35.5. The summed E-state index contributed by atoms with van der Waals surface area (Å²) in [6.45, 7) is 0.576. The second kappa shape index (κ2) is 4.75. The van der Waals surface area contributed by atoms with Crippen LogP contribution in [0.4, 0.5) is 0 Å². The predicted octanol–water partition coefficient (Wildman–Crippen LogP) is 3.29. The number of nitrogens with one attached hydrogen (secondary N) is 1. The molecule has 0 saturated carbocycles. The van der Waals surface area contributed by atoms with Gasteiger partial charge in [0.15, 0.2) is 0 Å². The fourth-order valence-electron chi connectivity index (χ4n) is 2.80. The Labute approximate surface area is 111 Å². The van der Waals surface area contributed by atoms with E-state index in [1.165, 1.54) is 11.1 Å². The Morgan fingerprint density at radius 2 is 2.39 bits per heavy atom. The van der Waals surface area contributed by atoms with Gasteiger partial charge in [0.05, 0.1) is 6.61 Å². The summed E-state index contributed by atoms with van der Waals surface area (Å²) >= 11 is 6.26. The van der Waals surface area contributed by atoms with Crippen molar-refractivity contribution in [2.45, 2.75) is 25.4 Å². The van der Waals surface area contributed by atoms with Crippen molar-refractivity contribution in [2.24, 2.45) is 0 Å². The molecular weight excluding hydrogens is 248 g/mol. The van der Waals surface area contributed by atoms with Crippen molar-refractivity contribution < 1.29 is 4.74 Å². The zero-order valence-electron chi connectivity index (χ0n) is 10.2. The minimum Gasteiger partial charge on any atom is -0.380 e. The van der Waals surface area contributed by atoms with Crippen LogP contribution in [0.1, 0.15) is 34.9 Å². The maximum Gasteiger partial charge on any atom is 0.113 e. The van der Waals surface area contributed by atoms with Crippen LogP contribution >= 0.6 is 11.6 Å². The fourth-order valence-corrected chi connectivity index (χ4v) is 3.03. The maximum atomic E-state index is 6.26. The molecule has 1 aliphatic rings. The van der Waals surface area contributed by atoms with Gasteiger partial charge in [0, 0.05) is 30.4 Å². The summed E-state index contributed by atoms with van der Waals surface area (Å²) < 4.78 is 5.25. The van der Waals surface area contributed by atoms with Gasteiger partial charge in [-0.3, -0.25) is 0 Å². The number of nitrogens with zero attached hydrogens (tertiary/aromatic N) is 1. The number of hydrogen-bond donors (Lipinski definition) is 1. The molecular formula is C14H15ClN2O. The van der Waals surface area contributed by atoms with Crippen molar-refractivity contribution in [1.82, 2.24) is 9.97 Å². The van der Waals surface area contributed by atoms with Crippen molar-refractivity contribution in [3.8, 4) is 0 Å². The highest BCUT2D eigenvalue weighted by Gasteiger charge is 2.28. The lowest BCUT2D eigenvalue weighted by molar-refractivity contribution is 0.184. The second-order valence-corrected chi connectivity index (χ2v) is 5.00. The molecule has 0 saturated heterocycles. The number of aromatic nitrogens is 2. The van der Waals surface area contributed by atoms with Crippen LogP contribution in [0.3, 0.4) is 0 Å². The predicted molar refractivity (Wildman–Crippen MR) is 70.9 cm³/mol. The number of ether oxygens (including phenoxy) is 1. The molecule has 1 atom stereocenters. The van der Waals surface area contributed by atoms with Crippen LogP contribution < -0.4 is 0 Å². The first-order chi connectivity index (χ1) is 8.81. The van der Waals surface area contributed by atoms with E-state index in [1.54, 1.807) is 13.3 Å². The molecule has 4 heteroatoms. The first-order valence-electron chi connectivity index (χ1n) is 6.09. The van der Waals surface area contributed by atoms with Crippen LogP contribution in [0.25, 0.3) is 0 Å². The molecule has 0 amide bonds. The second-order valence-electron chi connectivity index (χ2n) is 4.59. The van der Waals surface area contributed by atoms with Gasteiger partial charge in [-0.2, -0.15) is 0 Å². The molecule has 0 bridgehead atoms. The quantitative estimate of drug-likeness (QED) is 0.922. The molecule has 0 radical (unpaired) electrons. The zero-order chi connectivity index (χ0) is 12.5. The van der Waals surface area contributed by atoms with Gasteiger partial charge in [-0.1, -0.05) is 17.7 Å². The number of imidazole rings is 1. The molecule has 0 aliphatic heterocycles. The van der Waals surface area contributed by atoms with Crippen molar-refractivity contribution in [3.63, 3.8) is 0 Å². The summed E-state index contributed by atoms with van der Waals surface area (Å²) in [6, 6.07) is 4.09. The first kappa shape index (κ1) is 11.8. The van der Waals surface area contributed by atoms with Crippen LogP contribution in [0, 0.1) is 0 Å². The number of aromatic amines is 1. The lowest BCUT2D eigenvalue weighted by Gasteiger charge is -2.12. The Bertz CT molecular complexity index is 551. The van der Waals surface area contributed by atoms with E-state index in [2.05, 4.69) is 16.0 Å². The molecule has 1 aromatic heterocycles. The van der Waals surface area contributed by atoms with Gasteiger partial charge in [-0.05, 0) is 35.6 Å². The molecule has 1 aromatic carbocycles. The number of H-pyrrole nitrogens is 1. The molecule has 3 nitrogen and oxygen atoms in total. The van der Waals surface area contributed by atoms with Gasteiger partial charge in [-0.15, -0.1) is 0 Å². The number of hydrogen-bond acceptors (Lipinski definition) is 2. The number of halogens is 1. The smallest absolute Gasteiger partial charge is 0.113 e. The Balaban J connectivity index is 2.05. The van der Waals surface area contributed by atoms with E-state index in [1.807, 2.05) is 12.3 Å². The van der Waals surface area contributed by atoms with Gasteiger partial charge in [0.25, 0.3) is 0 Å². The molecule has 0 fully saturated rings. The molecule has 2 aromatic rings. The van der Waals surface area contributed by atoms with Crippen LogP contribution in [0.5, 0.6) is 0 Å². The van der Waals surface area contributed by atoms with E-state index in [0.717, 1.165) is 29.3 Å². The maximum absolute atomic E-state index is 6.26. The van der Waals surface area contributed by atoms with E-state index in [-0.39, 0.29) is 0 Å². The van der Waals surface area contributed by atoms with Crippen LogP contribution in [0.2, 0.25) is 5.02 Å². The number of methoxy groups -OCH3 is 1. The average molecular weight is 263 g/mol. The summed E-state index contributed by atoms with van der Waals surface area (Å²) in [5, 5.41) is 0.802. The molecule has 1 aliphatic carbocycles. The van der Waals surface area contributed by atoms with E-state index in [9.17, 15) is 0 Å². The summed E-state index contributed by atoms with van der Waals surface area (Å²) in [4.78, 5) is 7.59. The normalized spacial score (nSPS) is 18.0. The van der Waals surface area contributed by atoms with Crippen LogP contribution in [-0.4, -0.2) is 17.1 Å². The highest BCUT2D eigenvalue weighted by molar-refractivity contribution is 6.31. The van der Waals surface area contributed by atoms with Gasteiger partial charge in [0.1, 0.15) is 5.82 Å². The number of fused-ring (bicyclic) bond motifs is 1. The Morgan fingerprint density at radius 3 is 3.11 bits per heavy atom. The summed E-state index contributed by atoms with van der Waals surface area (Å²) in [5.74, 6) is 1.40. The summed E-state index contributed by atoms with van der Waals surface area (Å²) in [6.07, 6.45) is 5.80. The van der Waals surface area contributed by atoms with Gasteiger partial charge in [-0.25, -0.2) is 4.98 Å². The van der Waals surface area contributed by atoms with Gasteiger partial charge >= 0.3 is 0 Å². The minimum atomic E-state index is 0.364. The molecule has 1 N–H and O–H groups in total. The lowest BCUT2D eigenvalue weighted by atomic mass is 9.98. The Hall–Kier alpha value is -1.32. The van der Waals surface area contributed by atoms with E-state index < -0.39 is 0 Å². The third-order valence-corrected chi connectivity index (χ3v) is 3.96. The molecule has 1 unspecified atom stereocenters. The molecule has 1 heterocycles. The third kappa shape index (κ3) is 1.84. The topological polar surface area (TPSA) is 37.9 Å². The van der Waals surface area contributed by atoms with Crippen molar-refractivity contribution >= 4 is 11.6 Å². The van der Waals surface area contributed by atoms with E-state index in [4.69, 9.17) is 16.3 Å². The Morgan fingerprint density at radius 1 is 1.50 bits per heavy atom.